The number of aryl methyl sites for hydroxylation is 1. The maximum atomic E-state index is 10.8. The van der Waals surface area contributed by atoms with Gasteiger partial charge in [0.05, 0.1) is 5.69 Å². The van der Waals surface area contributed by atoms with Crippen LogP contribution in [0.15, 0.2) is 53.3 Å². The van der Waals surface area contributed by atoms with E-state index in [1.807, 2.05) is 37.3 Å². The van der Waals surface area contributed by atoms with Crippen molar-refractivity contribution < 1.29 is 9.90 Å². The van der Waals surface area contributed by atoms with E-state index < -0.39 is 5.97 Å². The molecule has 0 saturated carbocycles. The van der Waals surface area contributed by atoms with Crippen molar-refractivity contribution in [3.05, 3.63) is 58.8 Å². The Hall–Kier alpha value is -3.00. The Bertz CT molecular complexity index is 934. The molecule has 0 unspecified atom stereocenters. The summed E-state index contributed by atoms with van der Waals surface area (Å²) in [5, 5.41) is 14.8. The molecule has 0 bridgehead atoms. The lowest BCUT2D eigenvalue weighted by atomic mass is 10.2. The minimum atomic E-state index is -0.988. The van der Waals surface area contributed by atoms with Gasteiger partial charge in [0.2, 0.25) is 5.95 Å². The van der Waals surface area contributed by atoms with Gasteiger partial charge in [-0.2, -0.15) is 4.98 Å². The topological polar surface area (TPSA) is 100 Å². The highest BCUT2D eigenvalue weighted by atomic mass is 79.9. The molecule has 3 rings (SSSR count). The van der Waals surface area contributed by atoms with E-state index in [4.69, 9.17) is 5.11 Å². The Morgan fingerprint density at radius 1 is 1.23 bits per heavy atom. The SMILES string of the molecule is Cc1cc(Nc2cc(-c3cccnc3)nc(NCC(=O)O)n2)ccc1Br. The summed E-state index contributed by atoms with van der Waals surface area (Å²) in [6.07, 6.45) is 3.37. The first-order valence-electron chi connectivity index (χ1n) is 7.79. The first-order chi connectivity index (χ1) is 12.5. The molecule has 8 heteroatoms. The van der Waals surface area contributed by atoms with Gasteiger partial charge in [-0.3, -0.25) is 9.78 Å². The first-order valence-corrected chi connectivity index (χ1v) is 8.59. The lowest BCUT2D eigenvalue weighted by molar-refractivity contribution is -0.134. The van der Waals surface area contributed by atoms with Crippen LogP contribution in [0.25, 0.3) is 11.3 Å². The van der Waals surface area contributed by atoms with Gasteiger partial charge in [0.15, 0.2) is 0 Å². The van der Waals surface area contributed by atoms with Gasteiger partial charge in [0.1, 0.15) is 12.4 Å². The van der Waals surface area contributed by atoms with Gasteiger partial charge in [-0.1, -0.05) is 15.9 Å². The fraction of sp³-hybridized carbons (Fsp3) is 0.111. The Labute approximate surface area is 158 Å². The summed E-state index contributed by atoms with van der Waals surface area (Å²) < 4.78 is 1.02. The molecule has 0 aliphatic carbocycles. The number of nitrogens with one attached hydrogen (secondary N) is 2. The number of hydrogen-bond acceptors (Lipinski definition) is 6. The minimum Gasteiger partial charge on any atom is -0.480 e. The van der Waals surface area contributed by atoms with Crippen LogP contribution < -0.4 is 10.6 Å². The zero-order chi connectivity index (χ0) is 18.5. The van der Waals surface area contributed by atoms with Gasteiger partial charge in [0, 0.05) is 34.2 Å². The van der Waals surface area contributed by atoms with Crippen molar-refractivity contribution in [2.75, 3.05) is 17.2 Å². The zero-order valence-corrected chi connectivity index (χ0v) is 15.5. The molecule has 0 saturated heterocycles. The minimum absolute atomic E-state index is 0.227. The summed E-state index contributed by atoms with van der Waals surface area (Å²) in [5.74, 6) is -0.211. The van der Waals surface area contributed by atoms with Gasteiger partial charge in [0.25, 0.3) is 0 Å². The normalized spacial score (nSPS) is 10.4. The maximum absolute atomic E-state index is 10.8. The van der Waals surface area contributed by atoms with Crippen molar-refractivity contribution in [2.45, 2.75) is 6.92 Å². The summed E-state index contributed by atoms with van der Waals surface area (Å²) in [6, 6.07) is 11.3. The van der Waals surface area contributed by atoms with Crippen LogP contribution in [0.1, 0.15) is 5.56 Å². The van der Waals surface area contributed by atoms with Crippen LogP contribution in [-0.4, -0.2) is 32.6 Å². The van der Waals surface area contributed by atoms with Crippen LogP contribution in [0.3, 0.4) is 0 Å². The highest BCUT2D eigenvalue weighted by Gasteiger charge is 2.09. The first kappa shape index (κ1) is 17.8. The van der Waals surface area contributed by atoms with E-state index in [9.17, 15) is 4.79 Å². The second-order valence-electron chi connectivity index (χ2n) is 5.54. The molecule has 1 aromatic carbocycles. The van der Waals surface area contributed by atoms with E-state index in [-0.39, 0.29) is 12.5 Å². The average molecular weight is 414 g/mol. The Morgan fingerprint density at radius 2 is 2.08 bits per heavy atom. The van der Waals surface area contributed by atoms with Crippen LogP contribution in [0.4, 0.5) is 17.5 Å². The average Bonchev–Trinajstić information content (AvgIpc) is 2.64. The number of halogens is 1. The number of hydrogen-bond donors (Lipinski definition) is 3. The quantitative estimate of drug-likeness (QED) is 0.563. The molecule has 7 nitrogen and oxygen atoms in total. The fourth-order valence-electron chi connectivity index (χ4n) is 2.28. The van der Waals surface area contributed by atoms with Crippen LogP contribution in [0.5, 0.6) is 0 Å². The number of pyridine rings is 1. The molecule has 26 heavy (non-hydrogen) atoms. The maximum Gasteiger partial charge on any atom is 0.322 e. The van der Waals surface area contributed by atoms with Gasteiger partial charge < -0.3 is 15.7 Å². The highest BCUT2D eigenvalue weighted by molar-refractivity contribution is 9.10. The molecule has 0 radical (unpaired) electrons. The molecule has 0 atom stereocenters. The van der Waals surface area contributed by atoms with Crippen LogP contribution in [-0.2, 0) is 4.79 Å². The van der Waals surface area contributed by atoms with Crippen molar-refractivity contribution >= 4 is 39.4 Å². The summed E-state index contributed by atoms with van der Waals surface area (Å²) in [7, 11) is 0. The van der Waals surface area contributed by atoms with Crippen molar-refractivity contribution in [1.82, 2.24) is 15.0 Å². The van der Waals surface area contributed by atoms with Gasteiger partial charge in [-0.15, -0.1) is 0 Å². The van der Waals surface area contributed by atoms with Crippen LogP contribution in [0.2, 0.25) is 0 Å². The summed E-state index contributed by atoms with van der Waals surface area (Å²) in [6.45, 7) is 1.73. The van der Waals surface area contributed by atoms with Crippen LogP contribution >= 0.6 is 15.9 Å². The van der Waals surface area contributed by atoms with E-state index in [1.165, 1.54) is 0 Å². The Morgan fingerprint density at radius 3 is 2.77 bits per heavy atom. The number of rotatable bonds is 6. The van der Waals surface area contributed by atoms with Crippen molar-refractivity contribution in [3.63, 3.8) is 0 Å². The lowest BCUT2D eigenvalue weighted by Crippen LogP contribution is -2.15. The van der Waals surface area contributed by atoms with E-state index in [2.05, 4.69) is 41.5 Å². The van der Waals surface area contributed by atoms with Crippen molar-refractivity contribution in [1.29, 1.82) is 0 Å². The molecule has 3 aromatic rings. The van der Waals surface area contributed by atoms with E-state index in [0.717, 1.165) is 21.3 Å². The van der Waals surface area contributed by atoms with Gasteiger partial charge in [-0.05, 0) is 42.8 Å². The molecule has 3 N–H and O–H groups in total. The Balaban J connectivity index is 1.95. The third-order valence-electron chi connectivity index (χ3n) is 3.51. The molecule has 0 spiro atoms. The van der Waals surface area contributed by atoms with E-state index in [1.54, 1.807) is 18.5 Å². The largest absolute Gasteiger partial charge is 0.480 e. The molecule has 0 amide bonds. The molecule has 0 aliphatic rings. The third-order valence-corrected chi connectivity index (χ3v) is 4.40. The molecule has 0 fully saturated rings. The second kappa shape index (κ2) is 7.92. The number of anilines is 3. The van der Waals surface area contributed by atoms with E-state index >= 15 is 0 Å². The zero-order valence-electron chi connectivity index (χ0n) is 13.9. The predicted octanol–water partition coefficient (Wildman–Crippen LogP) is 3.85. The number of carbonyl (C=O) groups is 1. The third kappa shape index (κ3) is 4.54. The molecular formula is C18H16BrN5O2. The molecule has 132 valence electrons. The molecular weight excluding hydrogens is 398 g/mol. The monoisotopic (exact) mass is 413 g/mol. The van der Waals surface area contributed by atoms with Crippen molar-refractivity contribution in [3.8, 4) is 11.3 Å². The van der Waals surface area contributed by atoms with E-state index in [0.29, 0.717) is 11.5 Å². The number of nitrogens with zero attached hydrogens (tertiary/aromatic N) is 3. The smallest absolute Gasteiger partial charge is 0.322 e. The van der Waals surface area contributed by atoms with Gasteiger partial charge in [-0.25, -0.2) is 4.98 Å². The Kier molecular flexibility index (Phi) is 5.43. The summed E-state index contributed by atoms with van der Waals surface area (Å²) >= 11 is 3.48. The standard InChI is InChI=1S/C18H16BrN5O2/c1-11-7-13(4-5-14(11)19)22-16-8-15(12-3-2-6-20-9-12)23-18(24-16)21-10-17(25)26/h2-9H,10H2,1H3,(H,25,26)(H2,21,22,23,24). The highest BCUT2D eigenvalue weighted by Crippen LogP contribution is 2.25. The lowest BCUT2D eigenvalue weighted by Gasteiger charge is -2.11. The predicted molar refractivity (Wildman–Crippen MR) is 104 cm³/mol. The number of carboxylic acid groups (broad SMARTS) is 1. The fourth-order valence-corrected chi connectivity index (χ4v) is 2.52. The van der Waals surface area contributed by atoms with Crippen molar-refractivity contribution in [2.24, 2.45) is 0 Å². The number of benzene rings is 1. The second-order valence-corrected chi connectivity index (χ2v) is 6.39. The van der Waals surface area contributed by atoms with Crippen LogP contribution in [0, 0.1) is 6.92 Å². The summed E-state index contributed by atoms with van der Waals surface area (Å²) in [5.41, 5.74) is 3.40. The van der Waals surface area contributed by atoms with Gasteiger partial charge >= 0.3 is 5.97 Å². The molecule has 2 heterocycles. The number of aliphatic carboxylic acids is 1. The number of carboxylic acids is 1. The molecule has 0 aliphatic heterocycles. The molecule has 2 aromatic heterocycles. The number of aromatic nitrogens is 3. The summed E-state index contributed by atoms with van der Waals surface area (Å²) in [4.78, 5) is 23.6.